The molecule has 0 aliphatic heterocycles. The minimum absolute atomic E-state index is 0.426. The highest BCUT2D eigenvalue weighted by molar-refractivity contribution is 5.78. The number of benzene rings is 1. The van der Waals surface area contributed by atoms with Crippen molar-refractivity contribution < 1.29 is 0 Å². The SMILES string of the molecule is CC(CN(C)C)Nc1ccc2nc[nH]c2c1. The van der Waals surface area contributed by atoms with Gasteiger partial charge in [0.25, 0.3) is 0 Å². The summed E-state index contributed by atoms with van der Waals surface area (Å²) >= 11 is 0. The van der Waals surface area contributed by atoms with Gasteiger partial charge in [0.05, 0.1) is 17.4 Å². The second kappa shape index (κ2) is 4.53. The molecule has 0 spiro atoms. The van der Waals surface area contributed by atoms with Gasteiger partial charge >= 0.3 is 0 Å². The summed E-state index contributed by atoms with van der Waals surface area (Å²) in [5, 5.41) is 3.47. The van der Waals surface area contributed by atoms with Gasteiger partial charge in [-0.3, -0.25) is 0 Å². The van der Waals surface area contributed by atoms with Crippen molar-refractivity contribution in [2.24, 2.45) is 0 Å². The predicted octanol–water partition coefficient (Wildman–Crippen LogP) is 1.92. The second-order valence-corrected chi connectivity index (χ2v) is 4.44. The molecule has 1 heterocycles. The van der Waals surface area contributed by atoms with E-state index in [2.05, 4.69) is 53.3 Å². The highest BCUT2D eigenvalue weighted by Crippen LogP contribution is 2.16. The highest BCUT2D eigenvalue weighted by atomic mass is 15.1. The Labute approximate surface area is 95.7 Å². The van der Waals surface area contributed by atoms with Crippen LogP contribution in [0.4, 0.5) is 5.69 Å². The van der Waals surface area contributed by atoms with Gasteiger partial charge < -0.3 is 15.2 Å². The Balaban J connectivity index is 2.08. The lowest BCUT2D eigenvalue weighted by Gasteiger charge is -2.19. The van der Waals surface area contributed by atoms with Gasteiger partial charge in [-0.05, 0) is 39.2 Å². The summed E-state index contributed by atoms with van der Waals surface area (Å²) in [5.74, 6) is 0. The van der Waals surface area contributed by atoms with Crippen molar-refractivity contribution in [1.82, 2.24) is 14.9 Å². The quantitative estimate of drug-likeness (QED) is 0.824. The van der Waals surface area contributed by atoms with Crippen LogP contribution in [0.3, 0.4) is 0 Å². The van der Waals surface area contributed by atoms with E-state index in [0.717, 1.165) is 23.3 Å². The summed E-state index contributed by atoms with van der Waals surface area (Å²) in [6.07, 6.45) is 1.72. The zero-order valence-electron chi connectivity index (χ0n) is 9.99. The number of aromatic amines is 1. The lowest BCUT2D eigenvalue weighted by atomic mass is 10.2. The third-order valence-corrected chi connectivity index (χ3v) is 2.47. The molecule has 4 heteroatoms. The van der Waals surface area contributed by atoms with Crippen LogP contribution in [0.15, 0.2) is 24.5 Å². The third-order valence-electron chi connectivity index (χ3n) is 2.47. The maximum Gasteiger partial charge on any atom is 0.0931 e. The van der Waals surface area contributed by atoms with Crippen LogP contribution in [-0.2, 0) is 0 Å². The second-order valence-electron chi connectivity index (χ2n) is 4.44. The highest BCUT2D eigenvalue weighted by Gasteiger charge is 2.04. The molecule has 1 atom stereocenters. The minimum Gasteiger partial charge on any atom is -0.381 e. The molecule has 0 aliphatic rings. The van der Waals surface area contributed by atoms with Crippen molar-refractivity contribution >= 4 is 16.7 Å². The zero-order chi connectivity index (χ0) is 11.5. The molecule has 0 saturated heterocycles. The largest absolute Gasteiger partial charge is 0.381 e. The van der Waals surface area contributed by atoms with Crippen molar-refractivity contribution in [2.75, 3.05) is 26.0 Å². The van der Waals surface area contributed by atoms with Crippen LogP contribution in [-0.4, -0.2) is 41.5 Å². The molecule has 2 aromatic rings. The molecule has 0 bridgehead atoms. The van der Waals surface area contributed by atoms with Crippen LogP contribution in [0.5, 0.6) is 0 Å². The summed E-state index contributed by atoms with van der Waals surface area (Å²) in [4.78, 5) is 9.48. The first kappa shape index (κ1) is 11.0. The molecule has 2 rings (SSSR count). The van der Waals surface area contributed by atoms with Crippen LogP contribution in [0, 0.1) is 0 Å². The first-order valence-corrected chi connectivity index (χ1v) is 5.49. The van der Waals surface area contributed by atoms with E-state index in [1.807, 2.05) is 6.07 Å². The van der Waals surface area contributed by atoms with Crippen molar-refractivity contribution in [2.45, 2.75) is 13.0 Å². The average molecular weight is 218 g/mol. The molecule has 0 saturated carbocycles. The maximum absolute atomic E-state index is 4.20. The van der Waals surface area contributed by atoms with Gasteiger partial charge in [0.1, 0.15) is 0 Å². The van der Waals surface area contributed by atoms with E-state index >= 15 is 0 Å². The number of hydrogen-bond donors (Lipinski definition) is 2. The summed E-state index contributed by atoms with van der Waals surface area (Å²) in [6, 6.07) is 6.61. The molecule has 1 aromatic heterocycles. The number of rotatable bonds is 4. The van der Waals surface area contributed by atoms with Crippen LogP contribution < -0.4 is 5.32 Å². The van der Waals surface area contributed by atoms with Crippen molar-refractivity contribution in [3.63, 3.8) is 0 Å². The number of anilines is 1. The fourth-order valence-electron chi connectivity index (χ4n) is 1.90. The Hall–Kier alpha value is -1.55. The van der Waals surface area contributed by atoms with E-state index in [-0.39, 0.29) is 0 Å². The van der Waals surface area contributed by atoms with Crippen LogP contribution in [0.25, 0.3) is 11.0 Å². The summed E-state index contributed by atoms with van der Waals surface area (Å²) in [6.45, 7) is 3.19. The molecule has 1 unspecified atom stereocenters. The zero-order valence-corrected chi connectivity index (χ0v) is 9.99. The number of aromatic nitrogens is 2. The average Bonchev–Trinajstić information content (AvgIpc) is 2.63. The van der Waals surface area contributed by atoms with E-state index in [0.29, 0.717) is 6.04 Å². The van der Waals surface area contributed by atoms with Gasteiger partial charge in [-0.25, -0.2) is 4.98 Å². The number of nitrogens with zero attached hydrogens (tertiary/aromatic N) is 2. The number of imidazole rings is 1. The Morgan fingerprint density at radius 1 is 1.44 bits per heavy atom. The first-order chi connectivity index (χ1) is 7.65. The molecule has 0 fully saturated rings. The van der Waals surface area contributed by atoms with Gasteiger partial charge in [-0.2, -0.15) is 0 Å². The smallest absolute Gasteiger partial charge is 0.0931 e. The lowest BCUT2D eigenvalue weighted by molar-refractivity contribution is 0.392. The molecule has 4 nitrogen and oxygen atoms in total. The normalized spacial score (nSPS) is 13.2. The number of likely N-dealkylation sites (N-methyl/N-ethyl adjacent to an activating group) is 1. The van der Waals surface area contributed by atoms with E-state index in [1.54, 1.807) is 6.33 Å². The van der Waals surface area contributed by atoms with Crippen LogP contribution >= 0.6 is 0 Å². The molecule has 2 N–H and O–H groups in total. The molecule has 0 aliphatic carbocycles. The van der Waals surface area contributed by atoms with Crippen molar-refractivity contribution in [3.05, 3.63) is 24.5 Å². The summed E-state index contributed by atoms with van der Waals surface area (Å²) in [7, 11) is 4.16. The number of nitrogens with one attached hydrogen (secondary N) is 2. The topological polar surface area (TPSA) is 44.0 Å². The Morgan fingerprint density at radius 2 is 2.25 bits per heavy atom. The number of hydrogen-bond acceptors (Lipinski definition) is 3. The van der Waals surface area contributed by atoms with Crippen LogP contribution in [0.2, 0.25) is 0 Å². The van der Waals surface area contributed by atoms with Gasteiger partial charge in [0, 0.05) is 18.3 Å². The molecule has 0 amide bonds. The molecule has 86 valence electrons. The van der Waals surface area contributed by atoms with Gasteiger partial charge in [-0.1, -0.05) is 0 Å². The summed E-state index contributed by atoms with van der Waals surface area (Å²) < 4.78 is 0. The molecule has 1 aromatic carbocycles. The van der Waals surface area contributed by atoms with Crippen molar-refractivity contribution in [1.29, 1.82) is 0 Å². The minimum atomic E-state index is 0.426. The van der Waals surface area contributed by atoms with E-state index in [4.69, 9.17) is 0 Å². The van der Waals surface area contributed by atoms with E-state index in [9.17, 15) is 0 Å². The fraction of sp³-hybridized carbons (Fsp3) is 0.417. The van der Waals surface area contributed by atoms with Gasteiger partial charge in [0.15, 0.2) is 0 Å². The number of H-pyrrole nitrogens is 1. The maximum atomic E-state index is 4.20. The van der Waals surface area contributed by atoms with E-state index < -0.39 is 0 Å². The Bertz CT molecular complexity index is 461. The first-order valence-electron chi connectivity index (χ1n) is 5.49. The fourth-order valence-corrected chi connectivity index (χ4v) is 1.90. The Kier molecular flexibility index (Phi) is 3.10. The van der Waals surface area contributed by atoms with Crippen molar-refractivity contribution in [3.8, 4) is 0 Å². The van der Waals surface area contributed by atoms with Gasteiger partial charge in [-0.15, -0.1) is 0 Å². The molecule has 0 radical (unpaired) electrons. The third kappa shape index (κ3) is 2.52. The number of fused-ring (bicyclic) bond motifs is 1. The monoisotopic (exact) mass is 218 g/mol. The Morgan fingerprint density at radius 3 is 3.00 bits per heavy atom. The summed E-state index contributed by atoms with van der Waals surface area (Å²) in [5.41, 5.74) is 3.21. The molecular weight excluding hydrogens is 200 g/mol. The molecular formula is C12H18N4. The van der Waals surface area contributed by atoms with Gasteiger partial charge in [0.2, 0.25) is 0 Å². The van der Waals surface area contributed by atoms with E-state index in [1.165, 1.54) is 0 Å². The van der Waals surface area contributed by atoms with Crippen LogP contribution in [0.1, 0.15) is 6.92 Å². The predicted molar refractivity (Wildman–Crippen MR) is 67.7 cm³/mol. The molecule has 16 heavy (non-hydrogen) atoms. The lowest BCUT2D eigenvalue weighted by Crippen LogP contribution is -2.29. The standard InChI is InChI=1S/C12H18N4/c1-9(7-16(2)3)15-10-4-5-11-12(6-10)14-8-13-11/h4-6,8-9,15H,7H2,1-3H3,(H,13,14).